The van der Waals surface area contributed by atoms with Crippen LogP contribution in [0, 0.1) is 0 Å². The molecule has 1 aromatic rings. The van der Waals surface area contributed by atoms with E-state index in [1.807, 2.05) is 0 Å². The molecule has 1 aliphatic rings. The maximum atomic E-state index is 5.90. The highest BCUT2D eigenvalue weighted by atomic mass is 16.5. The standard InChI is InChI=1S/C17H28N2O/c1-14(2)19(3)11-6-10-18-13-17-16-8-5-4-7-15(16)9-12-20-17/h4-5,7-8,14,17-18H,6,9-13H2,1-3H3. The third-order valence-corrected chi connectivity index (χ3v) is 4.17. The highest BCUT2D eigenvalue weighted by molar-refractivity contribution is 5.31. The number of fused-ring (bicyclic) bond motifs is 1. The lowest BCUT2D eigenvalue weighted by atomic mass is 9.97. The molecule has 1 aromatic carbocycles. The number of nitrogens with one attached hydrogen (secondary N) is 1. The first-order valence-electron chi connectivity index (χ1n) is 7.79. The summed E-state index contributed by atoms with van der Waals surface area (Å²) in [6.07, 6.45) is 2.46. The van der Waals surface area contributed by atoms with Crippen molar-refractivity contribution in [3.63, 3.8) is 0 Å². The maximum absolute atomic E-state index is 5.90. The van der Waals surface area contributed by atoms with Crippen LogP contribution in [-0.2, 0) is 11.2 Å². The van der Waals surface area contributed by atoms with Crippen molar-refractivity contribution in [1.82, 2.24) is 10.2 Å². The molecule has 0 fully saturated rings. The van der Waals surface area contributed by atoms with E-state index in [0.717, 1.165) is 32.7 Å². The van der Waals surface area contributed by atoms with E-state index >= 15 is 0 Å². The van der Waals surface area contributed by atoms with Crippen LogP contribution in [0.25, 0.3) is 0 Å². The predicted octanol–water partition coefficient (Wildman–Crippen LogP) is 2.62. The number of ether oxygens (including phenoxy) is 1. The number of hydrogen-bond acceptors (Lipinski definition) is 3. The molecule has 0 radical (unpaired) electrons. The third-order valence-electron chi connectivity index (χ3n) is 4.17. The first-order valence-corrected chi connectivity index (χ1v) is 7.79. The van der Waals surface area contributed by atoms with E-state index in [2.05, 4.69) is 55.4 Å². The third kappa shape index (κ3) is 4.30. The van der Waals surface area contributed by atoms with Crippen molar-refractivity contribution in [1.29, 1.82) is 0 Å². The van der Waals surface area contributed by atoms with Gasteiger partial charge in [0.2, 0.25) is 0 Å². The van der Waals surface area contributed by atoms with Crippen LogP contribution >= 0.6 is 0 Å². The number of rotatable bonds is 7. The van der Waals surface area contributed by atoms with Crippen LogP contribution in [0.3, 0.4) is 0 Å². The topological polar surface area (TPSA) is 24.5 Å². The fourth-order valence-electron chi connectivity index (χ4n) is 2.59. The van der Waals surface area contributed by atoms with E-state index in [-0.39, 0.29) is 6.10 Å². The molecule has 1 aliphatic heterocycles. The first kappa shape index (κ1) is 15.5. The van der Waals surface area contributed by atoms with E-state index in [4.69, 9.17) is 4.74 Å². The molecule has 112 valence electrons. The van der Waals surface area contributed by atoms with Gasteiger partial charge in [-0.05, 0) is 58.0 Å². The summed E-state index contributed by atoms with van der Waals surface area (Å²) in [4.78, 5) is 2.38. The van der Waals surface area contributed by atoms with Crippen LogP contribution in [0.1, 0.15) is 37.5 Å². The van der Waals surface area contributed by atoms with Crippen molar-refractivity contribution in [3.8, 4) is 0 Å². The van der Waals surface area contributed by atoms with Crippen LogP contribution in [0.4, 0.5) is 0 Å². The lowest BCUT2D eigenvalue weighted by molar-refractivity contribution is 0.0425. The predicted molar refractivity (Wildman–Crippen MR) is 84.1 cm³/mol. The molecule has 0 bridgehead atoms. The van der Waals surface area contributed by atoms with E-state index in [0.29, 0.717) is 6.04 Å². The second-order valence-electron chi connectivity index (χ2n) is 5.94. The fourth-order valence-corrected chi connectivity index (χ4v) is 2.59. The maximum Gasteiger partial charge on any atom is 0.0952 e. The van der Waals surface area contributed by atoms with Crippen molar-refractivity contribution in [2.75, 3.05) is 33.3 Å². The van der Waals surface area contributed by atoms with Gasteiger partial charge in [0.1, 0.15) is 0 Å². The lowest BCUT2D eigenvalue weighted by Crippen LogP contribution is -2.32. The highest BCUT2D eigenvalue weighted by Gasteiger charge is 2.19. The molecule has 3 heteroatoms. The summed E-state index contributed by atoms with van der Waals surface area (Å²) in [6.45, 7) is 8.44. The van der Waals surface area contributed by atoms with Crippen molar-refractivity contribution in [2.45, 2.75) is 38.8 Å². The molecule has 1 N–H and O–H groups in total. The molecule has 1 heterocycles. The Balaban J connectivity index is 1.70. The van der Waals surface area contributed by atoms with Gasteiger partial charge in [0.05, 0.1) is 12.7 Å². The van der Waals surface area contributed by atoms with Gasteiger partial charge in [0.25, 0.3) is 0 Å². The normalized spacial score (nSPS) is 18.6. The zero-order valence-corrected chi connectivity index (χ0v) is 13.1. The van der Waals surface area contributed by atoms with Crippen molar-refractivity contribution in [3.05, 3.63) is 35.4 Å². The molecule has 0 spiro atoms. The number of hydrogen-bond donors (Lipinski definition) is 1. The summed E-state index contributed by atoms with van der Waals surface area (Å²) in [5.74, 6) is 0. The number of nitrogens with zero attached hydrogens (tertiary/aromatic N) is 1. The summed E-state index contributed by atoms with van der Waals surface area (Å²) >= 11 is 0. The van der Waals surface area contributed by atoms with Gasteiger partial charge in [-0.25, -0.2) is 0 Å². The lowest BCUT2D eigenvalue weighted by Gasteiger charge is -2.26. The minimum absolute atomic E-state index is 0.225. The van der Waals surface area contributed by atoms with Crippen LogP contribution in [0.5, 0.6) is 0 Å². The molecule has 0 saturated carbocycles. The summed E-state index contributed by atoms with van der Waals surface area (Å²) in [5, 5.41) is 3.54. The van der Waals surface area contributed by atoms with Crippen molar-refractivity contribution in [2.24, 2.45) is 0 Å². The molecule has 0 saturated heterocycles. The average Bonchev–Trinajstić information content (AvgIpc) is 2.46. The summed E-state index contributed by atoms with van der Waals surface area (Å²) in [5.41, 5.74) is 2.82. The van der Waals surface area contributed by atoms with Crippen LogP contribution < -0.4 is 5.32 Å². The Morgan fingerprint density at radius 3 is 2.95 bits per heavy atom. The smallest absolute Gasteiger partial charge is 0.0952 e. The molecule has 0 aliphatic carbocycles. The minimum atomic E-state index is 0.225. The highest BCUT2D eigenvalue weighted by Crippen LogP contribution is 2.26. The molecule has 0 aromatic heterocycles. The zero-order chi connectivity index (χ0) is 14.4. The molecular weight excluding hydrogens is 248 g/mol. The van der Waals surface area contributed by atoms with Gasteiger partial charge in [0, 0.05) is 12.6 Å². The Morgan fingerprint density at radius 1 is 1.35 bits per heavy atom. The van der Waals surface area contributed by atoms with E-state index in [1.165, 1.54) is 17.5 Å². The molecule has 2 rings (SSSR count). The van der Waals surface area contributed by atoms with E-state index in [1.54, 1.807) is 0 Å². The van der Waals surface area contributed by atoms with Gasteiger partial charge >= 0.3 is 0 Å². The molecule has 3 nitrogen and oxygen atoms in total. The molecule has 1 unspecified atom stereocenters. The van der Waals surface area contributed by atoms with Gasteiger partial charge in [-0.15, -0.1) is 0 Å². The van der Waals surface area contributed by atoms with Gasteiger partial charge in [0.15, 0.2) is 0 Å². The Kier molecular flexibility index (Phi) is 6.02. The van der Waals surface area contributed by atoms with Gasteiger partial charge < -0.3 is 15.0 Å². The summed E-state index contributed by atoms with van der Waals surface area (Å²) < 4.78 is 5.90. The van der Waals surface area contributed by atoms with Crippen molar-refractivity contribution >= 4 is 0 Å². The molecule has 1 atom stereocenters. The van der Waals surface area contributed by atoms with Crippen molar-refractivity contribution < 1.29 is 4.74 Å². The largest absolute Gasteiger partial charge is 0.372 e. The first-order chi connectivity index (χ1) is 9.68. The molecule has 20 heavy (non-hydrogen) atoms. The molecule has 0 amide bonds. The van der Waals surface area contributed by atoms with E-state index < -0.39 is 0 Å². The summed E-state index contributed by atoms with van der Waals surface area (Å²) in [7, 11) is 2.19. The van der Waals surface area contributed by atoms with Crippen LogP contribution in [0.15, 0.2) is 24.3 Å². The second-order valence-corrected chi connectivity index (χ2v) is 5.94. The van der Waals surface area contributed by atoms with Crippen LogP contribution in [0.2, 0.25) is 0 Å². The average molecular weight is 276 g/mol. The quantitative estimate of drug-likeness (QED) is 0.775. The fraction of sp³-hybridized carbons (Fsp3) is 0.647. The Morgan fingerprint density at radius 2 is 2.15 bits per heavy atom. The second kappa shape index (κ2) is 7.77. The van der Waals surface area contributed by atoms with Gasteiger partial charge in [-0.2, -0.15) is 0 Å². The number of benzene rings is 1. The van der Waals surface area contributed by atoms with Crippen LogP contribution in [-0.4, -0.2) is 44.2 Å². The molecular formula is C17H28N2O. The zero-order valence-electron chi connectivity index (χ0n) is 13.1. The monoisotopic (exact) mass is 276 g/mol. The summed E-state index contributed by atoms with van der Waals surface area (Å²) in [6, 6.07) is 9.29. The SMILES string of the molecule is CC(C)N(C)CCCNCC1OCCc2ccccc21. The van der Waals surface area contributed by atoms with Gasteiger partial charge in [-0.3, -0.25) is 0 Å². The Hall–Kier alpha value is -0.900. The Bertz CT molecular complexity index is 406. The Labute approximate surface area is 123 Å². The van der Waals surface area contributed by atoms with Gasteiger partial charge in [-0.1, -0.05) is 24.3 Å². The van der Waals surface area contributed by atoms with E-state index in [9.17, 15) is 0 Å². The minimum Gasteiger partial charge on any atom is -0.372 e.